The van der Waals surface area contributed by atoms with E-state index in [4.69, 9.17) is 0 Å². The van der Waals surface area contributed by atoms with Gasteiger partial charge in [0.25, 0.3) is 5.91 Å². The number of para-hydroxylation sites is 1. The van der Waals surface area contributed by atoms with E-state index in [9.17, 15) is 4.79 Å². The predicted molar refractivity (Wildman–Crippen MR) is 88.7 cm³/mol. The van der Waals surface area contributed by atoms with Gasteiger partial charge in [-0.1, -0.05) is 12.1 Å². The summed E-state index contributed by atoms with van der Waals surface area (Å²) in [6, 6.07) is 9.78. The Kier molecular flexibility index (Phi) is 3.36. The number of nitrogens with one attached hydrogen (secondary N) is 3. The van der Waals surface area contributed by atoms with Crippen molar-refractivity contribution in [1.29, 1.82) is 0 Å². The molecule has 112 valence electrons. The summed E-state index contributed by atoms with van der Waals surface area (Å²) < 4.78 is 1.98. The summed E-state index contributed by atoms with van der Waals surface area (Å²) in [5, 5.41) is 4.19. The molecule has 2 aromatic heterocycles. The SMILES string of the molecule is O=C(NNc1cccc2c1ncn1cccc21)C1CSCN1. The van der Waals surface area contributed by atoms with Gasteiger partial charge in [0.1, 0.15) is 0 Å². The van der Waals surface area contributed by atoms with Gasteiger partial charge in [-0.3, -0.25) is 21.0 Å². The second kappa shape index (κ2) is 5.51. The van der Waals surface area contributed by atoms with Gasteiger partial charge in [-0.05, 0) is 18.2 Å². The lowest BCUT2D eigenvalue weighted by atomic mass is 10.2. The third-order valence-electron chi connectivity index (χ3n) is 3.76. The van der Waals surface area contributed by atoms with Crippen molar-refractivity contribution in [1.82, 2.24) is 20.1 Å². The molecule has 1 saturated heterocycles. The van der Waals surface area contributed by atoms with Crippen LogP contribution in [0.2, 0.25) is 0 Å². The van der Waals surface area contributed by atoms with Crippen molar-refractivity contribution < 1.29 is 4.79 Å². The molecule has 22 heavy (non-hydrogen) atoms. The maximum absolute atomic E-state index is 12.1. The van der Waals surface area contributed by atoms with E-state index in [0.717, 1.165) is 33.7 Å². The fourth-order valence-corrected chi connectivity index (χ4v) is 3.55. The molecule has 3 N–H and O–H groups in total. The monoisotopic (exact) mass is 313 g/mol. The first kappa shape index (κ1) is 13.4. The lowest BCUT2D eigenvalue weighted by Gasteiger charge is -2.14. The summed E-state index contributed by atoms with van der Waals surface area (Å²) in [7, 11) is 0. The molecule has 0 radical (unpaired) electrons. The number of carbonyl (C=O) groups excluding carboxylic acids is 1. The summed E-state index contributed by atoms with van der Waals surface area (Å²) >= 11 is 1.72. The van der Waals surface area contributed by atoms with Gasteiger partial charge < -0.3 is 4.40 Å². The number of anilines is 1. The number of hydrogen-bond donors (Lipinski definition) is 3. The number of thioether (sulfide) groups is 1. The van der Waals surface area contributed by atoms with Gasteiger partial charge in [0.2, 0.25) is 0 Å². The molecule has 4 rings (SSSR count). The molecule has 1 atom stereocenters. The third kappa shape index (κ3) is 2.28. The van der Waals surface area contributed by atoms with Crippen LogP contribution in [0.15, 0.2) is 42.9 Å². The largest absolute Gasteiger partial charge is 0.307 e. The summed E-state index contributed by atoms with van der Waals surface area (Å²) in [6.45, 7) is 0. The molecular weight excluding hydrogens is 298 g/mol. The van der Waals surface area contributed by atoms with Gasteiger partial charge in [-0.2, -0.15) is 0 Å². The Balaban J connectivity index is 1.62. The Hall–Kier alpha value is -2.25. The van der Waals surface area contributed by atoms with Gasteiger partial charge in [0.15, 0.2) is 0 Å². The smallest absolute Gasteiger partial charge is 0.256 e. The first-order valence-corrected chi connectivity index (χ1v) is 8.20. The number of benzene rings is 1. The van der Waals surface area contributed by atoms with E-state index >= 15 is 0 Å². The van der Waals surface area contributed by atoms with Crippen molar-refractivity contribution >= 4 is 39.8 Å². The minimum absolute atomic E-state index is 0.0502. The Morgan fingerprint density at radius 3 is 3.18 bits per heavy atom. The van der Waals surface area contributed by atoms with Crippen molar-refractivity contribution in [3.8, 4) is 0 Å². The molecule has 0 aliphatic carbocycles. The van der Waals surface area contributed by atoms with Crippen LogP contribution in [0.3, 0.4) is 0 Å². The Morgan fingerprint density at radius 1 is 1.36 bits per heavy atom. The van der Waals surface area contributed by atoms with Crippen molar-refractivity contribution in [3.63, 3.8) is 0 Å². The number of hydrogen-bond acceptors (Lipinski definition) is 5. The zero-order valence-electron chi connectivity index (χ0n) is 11.7. The van der Waals surface area contributed by atoms with E-state index in [1.54, 1.807) is 18.1 Å². The van der Waals surface area contributed by atoms with E-state index in [0.29, 0.717) is 0 Å². The number of fused-ring (bicyclic) bond motifs is 3. The summed E-state index contributed by atoms with van der Waals surface area (Å²) in [5.41, 5.74) is 8.48. The molecule has 0 spiro atoms. The summed E-state index contributed by atoms with van der Waals surface area (Å²) in [6.07, 6.45) is 3.74. The van der Waals surface area contributed by atoms with Crippen molar-refractivity contribution in [3.05, 3.63) is 42.9 Å². The van der Waals surface area contributed by atoms with Crippen LogP contribution in [-0.4, -0.2) is 33.0 Å². The molecule has 6 nitrogen and oxygen atoms in total. The van der Waals surface area contributed by atoms with Crippen LogP contribution < -0.4 is 16.2 Å². The quantitative estimate of drug-likeness (QED) is 0.641. The molecule has 3 heterocycles. The highest BCUT2D eigenvalue weighted by atomic mass is 32.2. The number of aromatic nitrogens is 2. The standard InChI is InChI=1S/C15H15N5OS/c21-15(12-7-22-9-17-12)19-18-11-4-1-3-10-13-5-2-6-20(13)8-16-14(10)11/h1-6,8,12,17-18H,7,9H2,(H,19,21). The number of amides is 1. The number of nitrogens with zero attached hydrogens (tertiary/aromatic N) is 2. The zero-order chi connectivity index (χ0) is 14.9. The van der Waals surface area contributed by atoms with E-state index in [2.05, 4.69) is 21.2 Å². The fourth-order valence-electron chi connectivity index (χ4n) is 2.61. The van der Waals surface area contributed by atoms with E-state index in [-0.39, 0.29) is 11.9 Å². The van der Waals surface area contributed by atoms with Gasteiger partial charge in [0.05, 0.1) is 29.1 Å². The maximum Gasteiger partial charge on any atom is 0.256 e. The molecule has 0 saturated carbocycles. The van der Waals surface area contributed by atoms with Crippen molar-refractivity contribution in [2.45, 2.75) is 6.04 Å². The van der Waals surface area contributed by atoms with E-state index in [1.165, 1.54) is 0 Å². The average molecular weight is 313 g/mol. The van der Waals surface area contributed by atoms with Gasteiger partial charge in [-0.25, -0.2) is 4.98 Å². The summed E-state index contributed by atoms with van der Waals surface area (Å²) in [5.74, 6) is 1.57. The molecule has 1 unspecified atom stereocenters. The minimum Gasteiger partial charge on any atom is -0.307 e. The zero-order valence-corrected chi connectivity index (χ0v) is 12.6. The second-order valence-electron chi connectivity index (χ2n) is 5.13. The van der Waals surface area contributed by atoms with E-state index in [1.807, 2.05) is 40.9 Å². The highest BCUT2D eigenvalue weighted by Gasteiger charge is 2.22. The Morgan fingerprint density at radius 2 is 2.32 bits per heavy atom. The first-order valence-electron chi connectivity index (χ1n) is 7.04. The topological polar surface area (TPSA) is 70.5 Å². The van der Waals surface area contributed by atoms with Crippen LogP contribution in [0.25, 0.3) is 16.4 Å². The molecule has 1 amide bonds. The van der Waals surface area contributed by atoms with Crippen LogP contribution in [0, 0.1) is 0 Å². The first-order chi connectivity index (χ1) is 10.8. The molecule has 1 aromatic carbocycles. The van der Waals surface area contributed by atoms with Crippen LogP contribution in [0.1, 0.15) is 0 Å². The molecule has 1 aliphatic rings. The van der Waals surface area contributed by atoms with Gasteiger partial charge in [-0.15, -0.1) is 11.8 Å². The van der Waals surface area contributed by atoms with Crippen LogP contribution in [0.4, 0.5) is 5.69 Å². The number of carbonyl (C=O) groups is 1. The highest BCUT2D eigenvalue weighted by Crippen LogP contribution is 2.24. The van der Waals surface area contributed by atoms with Crippen molar-refractivity contribution in [2.75, 3.05) is 17.1 Å². The van der Waals surface area contributed by atoms with Crippen LogP contribution >= 0.6 is 11.8 Å². The lowest BCUT2D eigenvalue weighted by molar-refractivity contribution is -0.121. The average Bonchev–Trinajstić information content (AvgIpc) is 3.23. The Bertz CT molecular complexity index is 840. The Labute approximate surface area is 131 Å². The minimum atomic E-state index is -0.141. The van der Waals surface area contributed by atoms with E-state index < -0.39 is 0 Å². The highest BCUT2D eigenvalue weighted by molar-refractivity contribution is 7.99. The third-order valence-corrected chi connectivity index (χ3v) is 4.70. The molecule has 1 aliphatic heterocycles. The predicted octanol–water partition coefficient (Wildman–Crippen LogP) is 1.59. The van der Waals surface area contributed by atoms with Gasteiger partial charge in [0, 0.05) is 23.2 Å². The number of rotatable bonds is 3. The summed E-state index contributed by atoms with van der Waals surface area (Å²) in [4.78, 5) is 16.5. The fraction of sp³-hybridized carbons (Fsp3) is 0.200. The molecule has 7 heteroatoms. The molecule has 3 aromatic rings. The molecular formula is C15H15N5OS. The van der Waals surface area contributed by atoms with Gasteiger partial charge >= 0.3 is 0 Å². The van der Waals surface area contributed by atoms with Crippen LogP contribution in [-0.2, 0) is 4.79 Å². The lowest BCUT2D eigenvalue weighted by Crippen LogP contribution is -2.44. The van der Waals surface area contributed by atoms with Crippen molar-refractivity contribution in [2.24, 2.45) is 0 Å². The number of hydrazine groups is 1. The second-order valence-corrected chi connectivity index (χ2v) is 6.16. The normalized spacial score (nSPS) is 17.9. The maximum atomic E-state index is 12.1. The molecule has 1 fully saturated rings. The van der Waals surface area contributed by atoms with Crippen LogP contribution in [0.5, 0.6) is 0 Å². The molecule has 0 bridgehead atoms.